The predicted octanol–water partition coefficient (Wildman–Crippen LogP) is 3.22. The topological polar surface area (TPSA) is 82.1 Å². The Kier molecular flexibility index (Phi) is 6.76. The summed E-state index contributed by atoms with van der Waals surface area (Å²) < 4.78 is 26.3. The Hall–Kier alpha value is -2.30. The third-order valence-electron chi connectivity index (χ3n) is 4.99. The van der Waals surface area contributed by atoms with E-state index in [1.807, 2.05) is 13.8 Å². The lowest BCUT2D eigenvalue weighted by Gasteiger charge is -2.27. The van der Waals surface area contributed by atoms with Crippen molar-refractivity contribution in [2.75, 3.05) is 32.8 Å². The van der Waals surface area contributed by atoms with Crippen LogP contribution in [0.15, 0.2) is 33.9 Å². The van der Waals surface area contributed by atoms with Crippen LogP contribution in [0.3, 0.4) is 0 Å². The van der Waals surface area contributed by atoms with E-state index >= 15 is 0 Å². The van der Waals surface area contributed by atoms with Crippen LogP contribution in [0.4, 0.5) is 4.39 Å². The van der Waals surface area contributed by atoms with Crippen molar-refractivity contribution in [3.05, 3.63) is 41.8 Å². The van der Waals surface area contributed by atoms with Crippen LogP contribution in [0, 0.1) is 5.82 Å². The summed E-state index contributed by atoms with van der Waals surface area (Å²) in [6, 6.07) is 6.34. The third-order valence-corrected chi connectivity index (χ3v) is 6.06. The lowest BCUT2D eigenvalue weighted by molar-refractivity contribution is 0.0361. The van der Waals surface area contributed by atoms with Crippen molar-refractivity contribution in [1.29, 1.82) is 0 Å². The summed E-state index contributed by atoms with van der Waals surface area (Å²) in [5.74, 6) is 1.71. The summed E-state index contributed by atoms with van der Waals surface area (Å²) in [7, 11) is 0. The Balaban J connectivity index is 1.57. The normalized spacial score (nSPS) is 16.1. The number of hydrogen-bond donors (Lipinski definition) is 0. The number of aryl methyl sites for hydroxylation is 1. The molecule has 1 fully saturated rings. The van der Waals surface area contributed by atoms with Gasteiger partial charge in [0.25, 0.3) is 0 Å². The minimum Gasteiger partial charge on any atom is -0.379 e. The third kappa shape index (κ3) is 4.88. The highest BCUT2D eigenvalue weighted by atomic mass is 32.2. The molecule has 10 heteroatoms. The molecule has 8 nitrogen and oxygen atoms in total. The first-order valence-electron chi connectivity index (χ1n) is 10.1. The van der Waals surface area contributed by atoms with Gasteiger partial charge in [0.05, 0.1) is 18.5 Å². The van der Waals surface area contributed by atoms with E-state index in [1.165, 1.54) is 23.9 Å². The minimum atomic E-state index is -0.274. The van der Waals surface area contributed by atoms with Crippen molar-refractivity contribution in [2.45, 2.75) is 37.2 Å². The highest BCUT2D eigenvalue weighted by Crippen LogP contribution is 2.34. The first-order valence-corrected chi connectivity index (χ1v) is 11.0. The van der Waals surface area contributed by atoms with Crippen molar-refractivity contribution >= 4 is 11.8 Å². The Labute approximate surface area is 178 Å². The number of ether oxygens (including phenoxy) is 1. The molecule has 3 aromatic rings. The van der Waals surface area contributed by atoms with Crippen molar-refractivity contribution in [1.82, 2.24) is 29.8 Å². The molecular formula is C20H25FN6O2S. The maximum Gasteiger partial charge on any atom is 0.239 e. The van der Waals surface area contributed by atoms with E-state index in [1.54, 1.807) is 12.1 Å². The number of morpholine rings is 1. The van der Waals surface area contributed by atoms with Crippen LogP contribution in [0.2, 0.25) is 0 Å². The van der Waals surface area contributed by atoms with Gasteiger partial charge in [-0.15, -0.1) is 10.2 Å². The van der Waals surface area contributed by atoms with Gasteiger partial charge in [0, 0.05) is 38.2 Å². The molecule has 1 aliphatic rings. The van der Waals surface area contributed by atoms with Gasteiger partial charge in [-0.25, -0.2) is 4.39 Å². The second kappa shape index (κ2) is 9.67. The average Bonchev–Trinajstić information content (AvgIpc) is 3.41. The molecule has 160 valence electrons. The van der Waals surface area contributed by atoms with Crippen molar-refractivity contribution in [2.24, 2.45) is 0 Å². The number of thioether (sulfide) groups is 1. The molecule has 0 amide bonds. The summed E-state index contributed by atoms with van der Waals surface area (Å²) in [4.78, 5) is 6.79. The molecule has 0 spiro atoms. The van der Waals surface area contributed by atoms with Crippen LogP contribution < -0.4 is 0 Å². The maximum atomic E-state index is 13.4. The molecule has 0 saturated carbocycles. The minimum absolute atomic E-state index is 0.0646. The van der Waals surface area contributed by atoms with Crippen molar-refractivity contribution < 1.29 is 13.7 Å². The van der Waals surface area contributed by atoms with E-state index in [2.05, 4.69) is 29.8 Å². The van der Waals surface area contributed by atoms with Gasteiger partial charge in [-0.2, -0.15) is 4.98 Å². The molecule has 1 saturated heterocycles. The van der Waals surface area contributed by atoms with E-state index in [0.29, 0.717) is 11.7 Å². The summed E-state index contributed by atoms with van der Waals surface area (Å²) in [5, 5.41) is 13.5. The number of halogens is 1. The number of aromatic nitrogens is 5. The van der Waals surface area contributed by atoms with Crippen LogP contribution in [0.5, 0.6) is 0 Å². The Morgan fingerprint density at radius 1 is 1.13 bits per heavy atom. The second-order valence-corrected chi connectivity index (χ2v) is 8.39. The smallest absolute Gasteiger partial charge is 0.239 e. The summed E-state index contributed by atoms with van der Waals surface area (Å²) in [5.41, 5.74) is 0.830. The molecule has 1 aliphatic heterocycles. The molecule has 0 radical (unpaired) electrons. The highest BCUT2D eigenvalue weighted by Gasteiger charge is 2.22. The van der Waals surface area contributed by atoms with Gasteiger partial charge in [-0.3, -0.25) is 4.90 Å². The van der Waals surface area contributed by atoms with Gasteiger partial charge in [0.1, 0.15) is 5.82 Å². The SMILES string of the molecule is CCc1noc(C(C)Sc2nnc(-c3ccc(F)cc3)n2CCN2CCOCC2)n1. The number of rotatable bonds is 8. The molecule has 0 bridgehead atoms. The standard InChI is InChI=1S/C20H25FN6O2S/c1-3-17-22-19(29-25-17)14(2)30-20-24-23-18(15-4-6-16(21)7-5-15)27(20)9-8-26-10-12-28-13-11-26/h4-7,14H,3,8-13H2,1-2H3. The zero-order valence-electron chi connectivity index (χ0n) is 17.1. The van der Waals surface area contributed by atoms with E-state index in [0.717, 1.165) is 62.4 Å². The van der Waals surface area contributed by atoms with Crippen molar-refractivity contribution in [3.8, 4) is 11.4 Å². The van der Waals surface area contributed by atoms with Gasteiger partial charge < -0.3 is 13.8 Å². The van der Waals surface area contributed by atoms with Crippen LogP contribution in [0.1, 0.15) is 30.8 Å². The molecule has 4 rings (SSSR count). The fourth-order valence-corrected chi connectivity index (χ4v) is 4.15. The first kappa shape index (κ1) is 21.0. The molecule has 3 heterocycles. The van der Waals surface area contributed by atoms with E-state index in [-0.39, 0.29) is 11.1 Å². The number of benzene rings is 1. The van der Waals surface area contributed by atoms with E-state index < -0.39 is 0 Å². The molecule has 1 atom stereocenters. The summed E-state index contributed by atoms with van der Waals surface area (Å²) in [6.07, 6.45) is 0.728. The Morgan fingerprint density at radius 3 is 2.60 bits per heavy atom. The molecule has 1 unspecified atom stereocenters. The van der Waals surface area contributed by atoms with Gasteiger partial charge in [-0.05, 0) is 31.2 Å². The predicted molar refractivity (Wildman–Crippen MR) is 111 cm³/mol. The quantitative estimate of drug-likeness (QED) is 0.502. The monoisotopic (exact) mass is 432 g/mol. The molecule has 0 aliphatic carbocycles. The molecule has 0 N–H and O–H groups in total. The molecular weight excluding hydrogens is 407 g/mol. The number of nitrogens with zero attached hydrogens (tertiary/aromatic N) is 6. The second-order valence-electron chi connectivity index (χ2n) is 7.08. The van der Waals surface area contributed by atoms with E-state index in [4.69, 9.17) is 9.26 Å². The molecule has 1 aromatic carbocycles. The lowest BCUT2D eigenvalue weighted by atomic mass is 10.2. The fourth-order valence-electron chi connectivity index (χ4n) is 3.24. The maximum absolute atomic E-state index is 13.4. The van der Waals surface area contributed by atoms with Gasteiger partial charge in [0.15, 0.2) is 16.8 Å². The Bertz CT molecular complexity index is 955. The average molecular weight is 433 g/mol. The number of hydrogen-bond acceptors (Lipinski definition) is 8. The molecule has 2 aromatic heterocycles. The zero-order valence-corrected chi connectivity index (χ0v) is 17.9. The Morgan fingerprint density at radius 2 is 1.90 bits per heavy atom. The first-order chi connectivity index (χ1) is 14.6. The lowest BCUT2D eigenvalue weighted by Crippen LogP contribution is -2.38. The van der Waals surface area contributed by atoms with Crippen LogP contribution in [-0.2, 0) is 17.7 Å². The molecule has 30 heavy (non-hydrogen) atoms. The summed E-state index contributed by atoms with van der Waals surface area (Å²) in [6.45, 7) is 8.91. The zero-order chi connectivity index (χ0) is 20.9. The van der Waals surface area contributed by atoms with Crippen LogP contribution >= 0.6 is 11.8 Å². The van der Waals surface area contributed by atoms with Gasteiger partial charge in [-0.1, -0.05) is 23.8 Å². The fraction of sp³-hybridized carbons (Fsp3) is 0.500. The van der Waals surface area contributed by atoms with Crippen LogP contribution in [-0.4, -0.2) is 62.7 Å². The van der Waals surface area contributed by atoms with Crippen molar-refractivity contribution in [3.63, 3.8) is 0 Å². The highest BCUT2D eigenvalue weighted by molar-refractivity contribution is 7.99. The van der Waals surface area contributed by atoms with Gasteiger partial charge >= 0.3 is 0 Å². The van der Waals surface area contributed by atoms with Gasteiger partial charge in [0.2, 0.25) is 5.89 Å². The summed E-state index contributed by atoms with van der Waals surface area (Å²) >= 11 is 1.53. The van der Waals surface area contributed by atoms with Crippen LogP contribution in [0.25, 0.3) is 11.4 Å². The van der Waals surface area contributed by atoms with E-state index in [9.17, 15) is 4.39 Å². The largest absolute Gasteiger partial charge is 0.379 e.